The highest BCUT2D eigenvalue weighted by Crippen LogP contribution is 2.11. The molecule has 0 aromatic carbocycles. The van der Waals surface area contributed by atoms with Crippen LogP contribution in [0.2, 0.25) is 0 Å². The maximum Gasteiger partial charge on any atom is 0.223 e. The van der Waals surface area contributed by atoms with Crippen molar-refractivity contribution in [2.75, 3.05) is 13.7 Å². The van der Waals surface area contributed by atoms with Crippen LogP contribution >= 0.6 is 12.4 Å². The summed E-state index contributed by atoms with van der Waals surface area (Å²) in [5.41, 5.74) is 5.31. The van der Waals surface area contributed by atoms with E-state index in [1.807, 2.05) is 13.8 Å². The molecule has 0 saturated heterocycles. The Hall–Kier alpha value is -0.320. The van der Waals surface area contributed by atoms with Crippen molar-refractivity contribution in [1.29, 1.82) is 0 Å². The number of amides is 1. The molecular formula is C11H25ClN2O2. The third-order valence-electron chi connectivity index (χ3n) is 2.36. The van der Waals surface area contributed by atoms with Gasteiger partial charge in [0.15, 0.2) is 0 Å². The summed E-state index contributed by atoms with van der Waals surface area (Å²) in [5.74, 6) is 0.00532. The van der Waals surface area contributed by atoms with Gasteiger partial charge in [-0.15, -0.1) is 12.4 Å². The molecule has 0 bridgehead atoms. The summed E-state index contributed by atoms with van der Waals surface area (Å²) in [6.07, 6.45) is 2.18. The van der Waals surface area contributed by atoms with E-state index in [1.165, 1.54) is 0 Å². The standard InChI is InChI=1S/C11H24N2O2.ClH/c1-5-6-11(2,3)13-10(14)7-9(8-12)15-4;/h9H,5-8,12H2,1-4H3,(H,13,14);1H. The zero-order valence-electron chi connectivity index (χ0n) is 10.7. The lowest BCUT2D eigenvalue weighted by Crippen LogP contribution is -2.45. The van der Waals surface area contributed by atoms with Gasteiger partial charge in [0.2, 0.25) is 5.91 Å². The number of halogens is 1. The van der Waals surface area contributed by atoms with E-state index in [1.54, 1.807) is 7.11 Å². The van der Waals surface area contributed by atoms with Crippen LogP contribution in [0.1, 0.15) is 40.0 Å². The highest BCUT2D eigenvalue weighted by atomic mass is 35.5. The van der Waals surface area contributed by atoms with Crippen molar-refractivity contribution in [3.8, 4) is 0 Å². The Morgan fingerprint density at radius 2 is 2.06 bits per heavy atom. The third kappa shape index (κ3) is 7.91. The Morgan fingerprint density at radius 3 is 2.44 bits per heavy atom. The van der Waals surface area contributed by atoms with E-state index in [0.717, 1.165) is 12.8 Å². The minimum atomic E-state index is -0.178. The first-order valence-electron chi connectivity index (χ1n) is 5.49. The van der Waals surface area contributed by atoms with Gasteiger partial charge in [0.05, 0.1) is 12.5 Å². The van der Waals surface area contributed by atoms with Gasteiger partial charge < -0.3 is 15.8 Å². The molecule has 0 spiro atoms. The van der Waals surface area contributed by atoms with Crippen LogP contribution in [0.25, 0.3) is 0 Å². The molecule has 0 aromatic heterocycles. The highest BCUT2D eigenvalue weighted by Gasteiger charge is 2.20. The quantitative estimate of drug-likeness (QED) is 0.721. The number of nitrogens with two attached hydrogens (primary N) is 1. The molecule has 0 aliphatic rings. The molecule has 16 heavy (non-hydrogen) atoms. The van der Waals surface area contributed by atoms with Crippen LogP contribution in [-0.2, 0) is 9.53 Å². The summed E-state index contributed by atoms with van der Waals surface area (Å²) in [6.45, 7) is 6.53. The Labute approximate surface area is 105 Å². The Bertz CT molecular complexity index is 194. The summed E-state index contributed by atoms with van der Waals surface area (Å²) < 4.78 is 5.06. The Morgan fingerprint density at radius 1 is 1.50 bits per heavy atom. The molecule has 5 heteroatoms. The fraction of sp³-hybridized carbons (Fsp3) is 0.909. The van der Waals surface area contributed by atoms with Crippen LogP contribution in [0.4, 0.5) is 0 Å². The fourth-order valence-corrected chi connectivity index (χ4v) is 1.59. The number of carbonyl (C=O) groups excluding carboxylic acids is 1. The lowest BCUT2D eigenvalue weighted by molar-refractivity contribution is -0.125. The van der Waals surface area contributed by atoms with Crippen molar-refractivity contribution < 1.29 is 9.53 Å². The smallest absolute Gasteiger partial charge is 0.223 e. The number of ether oxygens (including phenoxy) is 1. The largest absolute Gasteiger partial charge is 0.380 e. The molecule has 1 amide bonds. The summed E-state index contributed by atoms with van der Waals surface area (Å²) in [5, 5.41) is 2.98. The Kier molecular flexibility index (Phi) is 9.92. The fourth-order valence-electron chi connectivity index (χ4n) is 1.59. The molecule has 3 N–H and O–H groups in total. The molecule has 0 aliphatic heterocycles. The average molecular weight is 253 g/mol. The van der Waals surface area contributed by atoms with Crippen LogP contribution in [0.5, 0.6) is 0 Å². The summed E-state index contributed by atoms with van der Waals surface area (Å²) in [7, 11) is 1.57. The van der Waals surface area contributed by atoms with E-state index in [4.69, 9.17) is 10.5 Å². The predicted octanol–water partition coefficient (Wildman–Crippen LogP) is 1.47. The minimum Gasteiger partial charge on any atom is -0.380 e. The lowest BCUT2D eigenvalue weighted by Gasteiger charge is -2.26. The third-order valence-corrected chi connectivity index (χ3v) is 2.36. The van der Waals surface area contributed by atoms with E-state index in [2.05, 4.69) is 12.2 Å². The minimum absolute atomic E-state index is 0. The molecule has 0 heterocycles. The van der Waals surface area contributed by atoms with Crippen molar-refractivity contribution >= 4 is 18.3 Å². The second kappa shape index (κ2) is 8.79. The van der Waals surface area contributed by atoms with Crippen LogP contribution in [0.15, 0.2) is 0 Å². The second-order valence-electron chi connectivity index (χ2n) is 4.48. The van der Waals surface area contributed by atoms with E-state index in [0.29, 0.717) is 13.0 Å². The molecular weight excluding hydrogens is 228 g/mol. The number of hydrogen-bond acceptors (Lipinski definition) is 3. The van der Waals surface area contributed by atoms with Crippen LogP contribution in [0, 0.1) is 0 Å². The van der Waals surface area contributed by atoms with Gasteiger partial charge in [-0.3, -0.25) is 4.79 Å². The van der Waals surface area contributed by atoms with Crippen LogP contribution in [-0.4, -0.2) is 31.2 Å². The van der Waals surface area contributed by atoms with Crippen molar-refractivity contribution in [3.05, 3.63) is 0 Å². The topological polar surface area (TPSA) is 64.4 Å². The maximum absolute atomic E-state index is 11.6. The van der Waals surface area contributed by atoms with Gasteiger partial charge >= 0.3 is 0 Å². The van der Waals surface area contributed by atoms with E-state index < -0.39 is 0 Å². The molecule has 0 aromatic rings. The predicted molar refractivity (Wildman–Crippen MR) is 68.8 cm³/mol. The van der Waals surface area contributed by atoms with Gasteiger partial charge in [-0.1, -0.05) is 13.3 Å². The molecule has 4 nitrogen and oxygen atoms in total. The van der Waals surface area contributed by atoms with Gasteiger partial charge in [-0.05, 0) is 20.3 Å². The van der Waals surface area contributed by atoms with Gasteiger partial charge in [0.1, 0.15) is 0 Å². The number of nitrogens with one attached hydrogen (secondary N) is 1. The van der Waals surface area contributed by atoms with E-state index in [-0.39, 0.29) is 30.0 Å². The van der Waals surface area contributed by atoms with Gasteiger partial charge in [0.25, 0.3) is 0 Å². The molecule has 0 fully saturated rings. The molecule has 1 unspecified atom stereocenters. The molecule has 0 aliphatic carbocycles. The zero-order chi connectivity index (χ0) is 11.9. The number of methoxy groups -OCH3 is 1. The number of rotatable bonds is 7. The van der Waals surface area contributed by atoms with Crippen molar-refractivity contribution in [3.63, 3.8) is 0 Å². The van der Waals surface area contributed by atoms with Crippen molar-refractivity contribution in [1.82, 2.24) is 5.32 Å². The SMILES string of the molecule is CCCC(C)(C)NC(=O)CC(CN)OC.Cl. The normalized spacial score (nSPS) is 12.8. The van der Waals surface area contributed by atoms with Crippen LogP contribution in [0.3, 0.4) is 0 Å². The van der Waals surface area contributed by atoms with Crippen molar-refractivity contribution in [2.24, 2.45) is 5.73 Å². The first-order chi connectivity index (χ1) is 6.95. The lowest BCUT2D eigenvalue weighted by atomic mass is 9.98. The van der Waals surface area contributed by atoms with Crippen LogP contribution < -0.4 is 11.1 Å². The van der Waals surface area contributed by atoms with E-state index >= 15 is 0 Å². The highest BCUT2D eigenvalue weighted by molar-refractivity contribution is 5.85. The summed E-state index contributed by atoms with van der Waals surface area (Å²) >= 11 is 0. The first kappa shape index (κ1) is 18.1. The van der Waals surface area contributed by atoms with Gasteiger partial charge in [0, 0.05) is 19.2 Å². The average Bonchev–Trinajstić information content (AvgIpc) is 2.13. The van der Waals surface area contributed by atoms with Gasteiger partial charge in [-0.25, -0.2) is 0 Å². The van der Waals surface area contributed by atoms with E-state index in [9.17, 15) is 4.79 Å². The molecule has 98 valence electrons. The zero-order valence-corrected chi connectivity index (χ0v) is 11.5. The molecule has 0 rings (SSSR count). The maximum atomic E-state index is 11.6. The number of carbonyl (C=O) groups is 1. The molecule has 0 saturated carbocycles. The first-order valence-corrected chi connectivity index (χ1v) is 5.49. The van der Waals surface area contributed by atoms with Crippen molar-refractivity contribution in [2.45, 2.75) is 51.7 Å². The second-order valence-corrected chi connectivity index (χ2v) is 4.48. The molecule has 1 atom stereocenters. The number of hydrogen-bond donors (Lipinski definition) is 2. The Balaban J connectivity index is 0. The summed E-state index contributed by atoms with van der Waals surface area (Å²) in [6, 6.07) is 0. The monoisotopic (exact) mass is 252 g/mol. The molecule has 0 radical (unpaired) electrons. The summed E-state index contributed by atoms with van der Waals surface area (Å²) in [4.78, 5) is 11.6. The van der Waals surface area contributed by atoms with Gasteiger partial charge in [-0.2, -0.15) is 0 Å².